The van der Waals surface area contributed by atoms with Crippen molar-refractivity contribution in [1.29, 1.82) is 0 Å². The lowest BCUT2D eigenvalue weighted by atomic mass is 10.1. The van der Waals surface area contributed by atoms with E-state index in [1.807, 2.05) is 30.3 Å². The van der Waals surface area contributed by atoms with Crippen LogP contribution >= 0.6 is 0 Å². The number of amides is 2. The van der Waals surface area contributed by atoms with E-state index in [-0.39, 0.29) is 30.4 Å². The number of hydrogen-bond donors (Lipinski definition) is 1. The largest absolute Gasteiger partial charge is 0.488 e. The van der Waals surface area contributed by atoms with Crippen LogP contribution in [-0.4, -0.2) is 41.9 Å². The molecule has 200 valence electrons. The quantitative estimate of drug-likeness (QED) is 0.256. The van der Waals surface area contributed by atoms with Crippen LogP contribution in [0, 0.1) is 5.82 Å². The molecule has 0 fully saturated rings. The second-order valence-electron chi connectivity index (χ2n) is 9.78. The average Bonchev–Trinajstić information content (AvgIpc) is 2.89. The van der Waals surface area contributed by atoms with Gasteiger partial charge >= 0.3 is 6.09 Å². The Morgan fingerprint density at radius 1 is 0.974 bits per heavy atom. The number of rotatable bonds is 11. The summed E-state index contributed by atoms with van der Waals surface area (Å²) in [5.74, 6) is -0.286. The smallest absolute Gasteiger partial charge is 0.407 e. The number of benzene rings is 3. The third kappa shape index (κ3) is 9.03. The third-order valence-electron chi connectivity index (χ3n) is 5.47. The minimum atomic E-state index is -0.609. The number of carbonyl (C=O) groups is 3. The Hall–Kier alpha value is -4.20. The van der Waals surface area contributed by atoms with Crippen LogP contribution in [0.15, 0.2) is 72.8 Å². The molecule has 7 nitrogen and oxygen atoms in total. The van der Waals surface area contributed by atoms with Crippen LogP contribution in [0.2, 0.25) is 0 Å². The van der Waals surface area contributed by atoms with Gasteiger partial charge in [0.25, 0.3) is 5.91 Å². The van der Waals surface area contributed by atoms with E-state index in [2.05, 4.69) is 5.32 Å². The van der Waals surface area contributed by atoms with Crippen molar-refractivity contribution in [2.24, 2.45) is 0 Å². The molecule has 38 heavy (non-hydrogen) atoms. The van der Waals surface area contributed by atoms with Crippen LogP contribution in [0.4, 0.5) is 9.18 Å². The lowest BCUT2D eigenvalue weighted by Crippen LogP contribution is -2.36. The normalized spacial score (nSPS) is 10.9. The summed E-state index contributed by atoms with van der Waals surface area (Å²) in [5.41, 5.74) is 1.68. The highest BCUT2D eigenvalue weighted by Gasteiger charge is 2.19. The summed E-state index contributed by atoms with van der Waals surface area (Å²) in [6.45, 7) is 6.47. The van der Waals surface area contributed by atoms with E-state index >= 15 is 0 Å². The molecule has 0 spiro atoms. The number of nitrogens with zero attached hydrogens (tertiary/aromatic N) is 1. The van der Waals surface area contributed by atoms with Crippen molar-refractivity contribution in [3.05, 3.63) is 101 Å². The molecule has 0 heterocycles. The molecule has 0 saturated heterocycles. The Bertz CT molecular complexity index is 1220. The van der Waals surface area contributed by atoms with Crippen molar-refractivity contribution >= 4 is 18.3 Å². The van der Waals surface area contributed by atoms with Crippen LogP contribution in [0.5, 0.6) is 5.75 Å². The zero-order chi connectivity index (χ0) is 27.5. The lowest BCUT2D eigenvalue weighted by molar-refractivity contribution is 0.0525. The molecule has 0 aromatic heterocycles. The summed E-state index contributed by atoms with van der Waals surface area (Å²) >= 11 is 0. The predicted molar refractivity (Wildman–Crippen MR) is 143 cm³/mol. The van der Waals surface area contributed by atoms with Gasteiger partial charge in [-0.25, -0.2) is 9.18 Å². The molecule has 1 N–H and O–H groups in total. The molecule has 0 unspecified atom stereocenters. The van der Waals surface area contributed by atoms with Gasteiger partial charge in [0.2, 0.25) is 0 Å². The van der Waals surface area contributed by atoms with Crippen LogP contribution in [0.3, 0.4) is 0 Å². The van der Waals surface area contributed by atoms with Crippen molar-refractivity contribution in [2.75, 3.05) is 13.1 Å². The van der Waals surface area contributed by atoms with Gasteiger partial charge < -0.3 is 19.7 Å². The number of alkyl carbamates (subject to hydrolysis) is 1. The summed E-state index contributed by atoms with van der Waals surface area (Å²) in [6.07, 6.45) is 0.590. The lowest BCUT2D eigenvalue weighted by Gasteiger charge is -2.24. The maximum atomic E-state index is 13.5. The highest BCUT2D eigenvalue weighted by molar-refractivity contribution is 5.96. The topological polar surface area (TPSA) is 84.9 Å². The van der Waals surface area contributed by atoms with E-state index < -0.39 is 11.7 Å². The van der Waals surface area contributed by atoms with Crippen LogP contribution in [0.25, 0.3) is 0 Å². The molecule has 3 rings (SSSR count). The van der Waals surface area contributed by atoms with Crippen molar-refractivity contribution in [3.8, 4) is 5.75 Å². The molecule has 0 saturated carbocycles. The van der Waals surface area contributed by atoms with Gasteiger partial charge in [0.05, 0.1) is 5.56 Å². The minimum absolute atomic E-state index is 0.230. The number of hydrogen-bond acceptors (Lipinski definition) is 5. The Morgan fingerprint density at radius 3 is 2.34 bits per heavy atom. The second kappa shape index (κ2) is 13.4. The number of halogens is 1. The maximum absolute atomic E-state index is 13.5. The summed E-state index contributed by atoms with van der Waals surface area (Å²) in [5, 5.41) is 2.69. The first kappa shape index (κ1) is 28.4. The van der Waals surface area contributed by atoms with Gasteiger partial charge in [-0.1, -0.05) is 42.5 Å². The van der Waals surface area contributed by atoms with E-state index in [0.29, 0.717) is 37.1 Å². The van der Waals surface area contributed by atoms with E-state index in [1.165, 1.54) is 18.2 Å². The zero-order valence-electron chi connectivity index (χ0n) is 21.9. The molecule has 0 aliphatic carbocycles. The average molecular weight is 521 g/mol. The molecule has 3 aromatic rings. The predicted octanol–water partition coefficient (Wildman–Crippen LogP) is 5.77. The molecule has 0 aliphatic heterocycles. The highest BCUT2D eigenvalue weighted by Crippen LogP contribution is 2.22. The van der Waals surface area contributed by atoms with Gasteiger partial charge in [-0.15, -0.1) is 0 Å². The third-order valence-corrected chi connectivity index (χ3v) is 5.47. The Kier molecular flexibility index (Phi) is 9.99. The van der Waals surface area contributed by atoms with Gasteiger partial charge in [0, 0.05) is 25.2 Å². The molecular formula is C30H33FN2O5. The standard InChI is InChI=1S/C30H33FN2O5/c1-30(2,3)38-29(36)32-16-7-17-33(19-22-10-13-26(31)14-11-22)28(35)24-12-15-27(25(18-24)20-34)37-21-23-8-5-4-6-9-23/h4-6,8-15,18,20H,7,16-17,19,21H2,1-3H3,(H,32,36). The van der Waals surface area contributed by atoms with Crippen LogP contribution < -0.4 is 10.1 Å². The fourth-order valence-electron chi connectivity index (χ4n) is 3.66. The Labute approximate surface area is 222 Å². The number of carbonyl (C=O) groups excluding carboxylic acids is 3. The minimum Gasteiger partial charge on any atom is -0.488 e. The SMILES string of the molecule is CC(C)(C)OC(=O)NCCCN(Cc1ccc(F)cc1)C(=O)c1ccc(OCc2ccccc2)c(C=O)c1. The molecule has 8 heteroatoms. The van der Waals surface area contributed by atoms with E-state index in [1.54, 1.807) is 49.9 Å². The molecular weight excluding hydrogens is 487 g/mol. The summed E-state index contributed by atoms with van der Waals surface area (Å²) < 4.78 is 24.5. The monoisotopic (exact) mass is 520 g/mol. The zero-order valence-corrected chi connectivity index (χ0v) is 21.9. The van der Waals surface area contributed by atoms with Crippen molar-refractivity contribution < 1.29 is 28.2 Å². The fourth-order valence-corrected chi connectivity index (χ4v) is 3.66. The molecule has 0 atom stereocenters. The van der Waals surface area contributed by atoms with Gasteiger partial charge in [-0.3, -0.25) is 9.59 Å². The first-order valence-electron chi connectivity index (χ1n) is 12.4. The van der Waals surface area contributed by atoms with Crippen LogP contribution in [-0.2, 0) is 17.9 Å². The van der Waals surface area contributed by atoms with Gasteiger partial charge in [-0.05, 0) is 68.7 Å². The number of aldehydes is 1. The first-order valence-corrected chi connectivity index (χ1v) is 12.4. The highest BCUT2D eigenvalue weighted by atomic mass is 19.1. The molecule has 0 aliphatic rings. The fraction of sp³-hybridized carbons (Fsp3) is 0.300. The van der Waals surface area contributed by atoms with E-state index in [9.17, 15) is 18.8 Å². The molecule has 0 bridgehead atoms. The Balaban J connectivity index is 1.70. The molecule has 2 amide bonds. The van der Waals surface area contributed by atoms with Crippen molar-refractivity contribution in [3.63, 3.8) is 0 Å². The summed E-state index contributed by atoms with van der Waals surface area (Å²) in [4.78, 5) is 38.8. The maximum Gasteiger partial charge on any atom is 0.407 e. The summed E-state index contributed by atoms with van der Waals surface area (Å²) in [6, 6.07) is 20.2. The van der Waals surface area contributed by atoms with E-state index in [4.69, 9.17) is 9.47 Å². The number of ether oxygens (including phenoxy) is 2. The van der Waals surface area contributed by atoms with Crippen molar-refractivity contribution in [1.82, 2.24) is 10.2 Å². The first-order chi connectivity index (χ1) is 18.1. The second-order valence-corrected chi connectivity index (χ2v) is 9.78. The van der Waals surface area contributed by atoms with Gasteiger partial charge in [-0.2, -0.15) is 0 Å². The van der Waals surface area contributed by atoms with Gasteiger partial charge in [0.1, 0.15) is 23.8 Å². The molecule has 3 aromatic carbocycles. The van der Waals surface area contributed by atoms with Gasteiger partial charge in [0.15, 0.2) is 6.29 Å². The van der Waals surface area contributed by atoms with Crippen LogP contribution in [0.1, 0.15) is 59.0 Å². The Morgan fingerprint density at radius 2 is 1.68 bits per heavy atom. The van der Waals surface area contributed by atoms with E-state index in [0.717, 1.165) is 11.1 Å². The number of nitrogens with one attached hydrogen (secondary N) is 1. The molecule has 0 radical (unpaired) electrons. The van der Waals surface area contributed by atoms with Crippen molar-refractivity contribution in [2.45, 2.75) is 45.9 Å². The summed E-state index contributed by atoms with van der Waals surface area (Å²) in [7, 11) is 0.